The Bertz CT molecular complexity index is 869. The predicted octanol–water partition coefficient (Wildman–Crippen LogP) is 4.90. The number of nitrogens with one attached hydrogen (secondary N) is 1. The number of nitrogen functional groups attached to an aromatic ring is 1. The van der Waals surface area contributed by atoms with Crippen LogP contribution in [0.25, 0.3) is 0 Å². The number of halogens is 2. The first kappa shape index (κ1) is 18.0. The van der Waals surface area contributed by atoms with Gasteiger partial charge in [-0.1, -0.05) is 76.6 Å². The summed E-state index contributed by atoms with van der Waals surface area (Å²) < 4.78 is 0.616. The van der Waals surface area contributed by atoms with Crippen molar-refractivity contribution in [2.45, 2.75) is 9.59 Å². The molecule has 3 aromatic rings. The first-order valence-corrected chi connectivity index (χ1v) is 9.54. The molecule has 1 aromatic heterocycles. The molecular weight excluding hydrogens is 399 g/mol. The molecule has 0 fully saturated rings. The van der Waals surface area contributed by atoms with Gasteiger partial charge in [-0.25, -0.2) is 0 Å². The molecule has 2 aromatic carbocycles. The third-order valence-corrected chi connectivity index (χ3v) is 5.64. The molecule has 0 radical (unpaired) electrons. The molecule has 0 saturated carbocycles. The number of amides is 1. The third-order valence-electron chi connectivity index (χ3n) is 3.11. The van der Waals surface area contributed by atoms with Crippen molar-refractivity contribution >= 4 is 63.0 Å². The lowest BCUT2D eigenvalue weighted by molar-refractivity contribution is -0.115. The highest BCUT2D eigenvalue weighted by molar-refractivity contribution is 8.02. The molecule has 3 N–H and O–H groups in total. The fourth-order valence-electron chi connectivity index (χ4n) is 2.10. The third kappa shape index (κ3) is 4.85. The van der Waals surface area contributed by atoms with Gasteiger partial charge in [-0.2, -0.15) is 0 Å². The van der Waals surface area contributed by atoms with Crippen LogP contribution in [0.4, 0.5) is 10.8 Å². The molecule has 1 heterocycles. The van der Waals surface area contributed by atoms with E-state index in [4.69, 9.17) is 28.9 Å². The van der Waals surface area contributed by atoms with Gasteiger partial charge in [-0.3, -0.25) is 4.79 Å². The average molecular weight is 411 g/mol. The Balaban J connectivity index is 1.86. The van der Waals surface area contributed by atoms with Crippen LogP contribution in [0.3, 0.4) is 0 Å². The highest BCUT2D eigenvalue weighted by atomic mass is 35.5. The van der Waals surface area contributed by atoms with Gasteiger partial charge in [-0.15, -0.1) is 10.2 Å². The van der Waals surface area contributed by atoms with Crippen molar-refractivity contribution < 1.29 is 4.79 Å². The van der Waals surface area contributed by atoms with Gasteiger partial charge in [-0.05, 0) is 23.8 Å². The smallest absolute Gasteiger partial charge is 0.242 e. The van der Waals surface area contributed by atoms with E-state index in [1.165, 1.54) is 23.1 Å². The number of hydrogen-bond acceptors (Lipinski definition) is 6. The zero-order valence-electron chi connectivity index (χ0n) is 12.6. The lowest BCUT2D eigenvalue weighted by Gasteiger charge is -2.16. The topological polar surface area (TPSA) is 80.9 Å². The van der Waals surface area contributed by atoms with Crippen LogP contribution in [0.5, 0.6) is 0 Å². The summed E-state index contributed by atoms with van der Waals surface area (Å²) >= 11 is 14.5. The summed E-state index contributed by atoms with van der Waals surface area (Å²) in [7, 11) is 0. The van der Waals surface area contributed by atoms with Crippen molar-refractivity contribution in [3.05, 3.63) is 64.1 Å². The molecule has 1 unspecified atom stereocenters. The fraction of sp³-hybridized carbons (Fsp3) is 0.0625. The van der Waals surface area contributed by atoms with Crippen molar-refractivity contribution in [1.82, 2.24) is 10.2 Å². The van der Waals surface area contributed by atoms with E-state index in [0.717, 1.165) is 5.56 Å². The van der Waals surface area contributed by atoms with E-state index in [2.05, 4.69) is 15.5 Å². The van der Waals surface area contributed by atoms with Crippen LogP contribution in [-0.2, 0) is 4.79 Å². The van der Waals surface area contributed by atoms with Gasteiger partial charge in [0.1, 0.15) is 5.25 Å². The van der Waals surface area contributed by atoms with Gasteiger partial charge in [0.2, 0.25) is 11.0 Å². The highest BCUT2D eigenvalue weighted by Crippen LogP contribution is 2.38. The van der Waals surface area contributed by atoms with Crippen LogP contribution in [0.2, 0.25) is 10.0 Å². The Morgan fingerprint density at radius 2 is 1.80 bits per heavy atom. The van der Waals surface area contributed by atoms with Crippen LogP contribution in [0.15, 0.2) is 52.9 Å². The molecule has 0 aliphatic heterocycles. The molecule has 5 nitrogen and oxygen atoms in total. The van der Waals surface area contributed by atoms with E-state index in [1.807, 2.05) is 30.3 Å². The van der Waals surface area contributed by atoms with E-state index < -0.39 is 5.25 Å². The molecule has 0 saturated heterocycles. The maximum absolute atomic E-state index is 12.9. The molecule has 0 aliphatic rings. The van der Waals surface area contributed by atoms with Gasteiger partial charge in [0, 0.05) is 15.7 Å². The maximum Gasteiger partial charge on any atom is 0.242 e. The summed E-state index contributed by atoms with van der Waals surface area (Å²) in [6, 6.07) is 14.3. The zero-order valence-corrected chi connectivity index (χ0v) is 15.8. The minimum absolute atomic E-state index is 0.219. The van der Waals surface area contributed by atoms with Crippen LogP contribution >= 0.6 is 46.3 Å². The minimum Gasteiger partial charge on any atom is -0.374 e. The van der Waals surface area contributed by atoms with Crippen LogP contribution in [0.1, 0.15) is 10.8 Å². The number of thioether (sulfide) groups is 1. The number of nitrogens with two attached hydrogens (primary N) is 1. The second kappa shape index (κ2) is 8.05. The predicted molar refractivity (Wildman–Crippen MR) is 104 cm³/mol. The number of hydrogen-bond donors (Lipinski definition) is 2. The SMILES string of the molecule is Nc1nnc(SC(C(=O)Nc2cc(Cl)cc(Cl)c2)c2ccccc2)s1. The van der Waals surface area contributed by atoms with Gasteiger partial charge >= 0.3 is 0 Å². The van der Waals surface area contributed by atoms with Gasteiger partial charge in [0.15, 0.2) is 4.34 Å². The standard InChI is InChI=1S/C16H12Cl2N4OS2/c17-10-6-11(18)8-12(7-10)20-14(23)13(9-4-2-1-3-5-9)24-16-22-21-15(19)25-16/h1-8,13H,(H2,19,21)(H,20,23). The van der Waals surface area contributed by atoms with Crippen LogP contribution in [0, 0.1) is 0 Å². The summed E-state index contributed by atoms with van der Waals surface area (Å²) in [5.41, 5.74) is 7.00. The van der Waals surface area contributed by atoms with Gasteiger partial charge < -0.3 is 11.1 Å². The second-order valence-electron chi connectivity index (χ2n) is 4.96. The van der Waals surface area contributed by atoms with Crippen LogP contribution in [-0.4, -0.2) is 16.1 Å². The Kier molecular flexibility index (Phi) is 5.80. The molecule has 1 amide bonds. The first-order chi connectivity index (χ1) is 12.0. The minimum atomic E-state index is -0.522. The molecule has 0 bridgehead atoms. The molecule has 3 rings (SSSR count). The molecule has 0 aliphatic carbocycles. The first-order valence-electron chi connectivity index (χ1n) is 7.09. The molecule has 1 atom stereocenters. The fourth-order valence-corrected chi connectivity index (χ4v) is 4.46. The van der Waals surface area contributed by atoms with E-state index in [-0.39, 0.29) is 5.91 Å². The molecule has 0 spiro atoms. The lowest BCUT2D eigenvalue weighted by atomic mass is 10.1. The number of rotatable bonds is 5. The monoisotopic (exact) mass is 410 g/mol. The zero-order chi connectivity index (χ0) is 17.8. The highest BCUT2D eigenvalue weighted by Gasteiger charge is 2.24. The van der Waals surface area contributed by atoms with E-state index in [1.54, 1.807) is 18.2 Å². The summed E-state index contributed by atoms with van der Waals surface area (Å²) in [5, 5.41) is 11.3. The van der Waals surface area contributed by atoms with Gasteiger partial charge in [0.25, 0.3) is 0 Å². The number of carbonyl (C=O) groups is 1. The van der Waals surface area contributed by atoms with Crippen molar-refractivity contribution in [1.29, 1.82) is 0 Å². The van der Waals surface area contributed by atoms with E-state index >= 15 is 0 Å². The number of nitrogens with zero attached hydrogens (tertiary/aromatic N) is 2. The molecule has 9 heteroatoms. The van der Waals surface area contributed by atoms with Crippen LogP contribution < -0.4 is 11.1 Å². The largest absolute Gasteiger partial charge is 0.374 e. The lowest BCUT2D eigenvalue weighted by Crippen LogP contribution is -2.19. The number of carbonyl (C=O) groups excluding carboxylic acids is 1. The van der Waals surface area contributed by atoms with E-state index in [0.29, 0.717) is 25.2 Å². The summed E-state index contributed by atoms with van der Waals surface area (Å²) in [6.07, 6.45) is 0. The summed E-state index contributed by atoms with van der Waals surface area (Å²) in [6.45, 7) is 0. The Labute approximate surface area is 162 Å². The number of benzene rings is 2. The van der Waals surface area contributed by atoms with Gasteiger partial charge in [0.05, 0.1) is 0 Å². The Morgan fingerprint density at radius 1 is 1.12 bits per heavy atom. The Hall–Kier alpha value is -1.80. The molecular formula is C16H12Cl2N4OS2. The van der Waals surface area contributed by atoms with Crippen molar-refractivity contribution in [2.24, 2.45) is 0 Å². The molecule has 128 valence electrons. The maximum atomic E-state index is 12.9. The average Bonchev–Trinajstić information content (AvgIpc) is 2.97. The summed E-state index contributed by atoms with van der Waals surface area (Å²) in [4.78, 5) is 12.9. The number of aromatic nitrogens is 2. The van der Waals surface area contributed by atoms with Crippen molar-refractivity contribution in [2.75, 3.05) is 11.1 Å². The Morgan fingerprint density at radius 3 is 2.40 bits per heavy atom. The number of anilines is 2. The van der Waals surface area contributed by atoms with E-state index in [9.17, 15) is 4.79 Å². The summed E-state index contributed by atoms with van der Waals surface area (Å²) in [5.74, 6) is -0.219. The normalized spacial score (nSPS) is 11.9. The molecule has 25 heavy (non-hydrogen) atoms. The quantitative estimate of drug-likeness (QED) is 0.584. The second-order valence-corrected chi connectivity index (χ2v) is 8.20. The van der Waals surface area contributed by atoms with Crippen molar-refractivity contribution in [3.63, 3.8) is 0 Å². The van der Waals surface area contributed by atoms with Crippen molar-refractivity contribution in [3.8, 4) is 0 Å².